The lowest BCUT2D eigenvalue weighted by atomic mass is 10.2. The first kappa shape index (κ1) is 9.28. The third-order valence-corrected chi connectivity index (χ3v) is 2.49. The number of hydrogen-bond acceptors (Lipinski definition) is 0. The fourth-order valence-electron chi connectivity index (χ4n) is 1.21. The molecule has 0 bridgehead atoms. The van der Waals surface area contributed by atoms with Crippen molar-refractivity contribution in [2.45, 2.75) is 0 Å². The molecule has 70 valence electrons. The Morgan fingerprint density at radius 3 is 2.29 bits per heavy atom. The molecule has 0 spiro atoms. The molecule has 0 fully saturated rings. The van der Waals surface area contributed by atoms with Crippen LogP contribution in [-0.4, -0.2) is 4.98 Å². The summed E-state index contributed by atoms with van der Waals surface area (Å²) in [6, 6.07) is 10.3. The summed E-state index contributed by atoms with van der Waals surface area (Å²) in [5.74, 6) is 0. The molecule has 14 heavy (non-hydrogen) atoms. The Kier molecular flexibility index (Phi) is 2.84. The van der Waals surface area contributed by atoms with Crippen LogP contribution in [0.1, 0.15) is 11.1 Å². The molecule has 1 aromatic heterocycles. The van der Waals surface area contributed by atoms with Crippen LogP contribution in [0.25, 0.3) is 12.2 Å². The van der Waals surface area contributed by atoms with E-state index >= 15 is 0 Å². The Hall–Kier alpha value is -1.28. The first-order valence-corrected chi connectivity index (χ1v) is 5.20. The quantitative estimate of drug-likeness (QED) is 0.828. The molecule has 1 aromatic carbocycles. The zero-order valence-corrected chi connectivity index (χ0v) is 9.16. The van der Waals surface area contributed by atoms with Crippen LogP contribution in [0.3, 0.4) is 0 Å². The second-order valence-electron chi connectivity index (χ2n) is 3.03. The normalized spacial score (nSPS) is 10.9. The standard InChI is InChI=1S/C12H10BrN/c13-12-5-3-10(4-6-12)1-2-11-7-8-14-9-11/h1-9,14H/b2-1+. The van der Waals surface area contributed by atoms with Crippen molar-refractivity contribution in [3.05, 3.63) is 58.3 Å². The number of rotatable bonds is 2. The predicted molar refractivity (Wildman–Crippen MR) is 63.9 cm³/mol. The molecular formula is C12H10BrN. The van der Waals surface area contributed by atoms with E-state index < -0.39 is 0 Å². The lowest BCUT2D eigenvalue weighted by Gasteiger charge is -1.92. The predicted octanol–water partition coefficient (Wildman–Crippen LogP) is 3.95. The average Bonchev–Trinajstić information content (AvgIpc) is 2.70. The Bertz CT molecular complexity index is 412. The number of nitrogens with one attached hydrogen (secondary N) is 1. The third kappa shape index (κ3) is 2.36. The lowest BCUT2D eigenvalue weighted by Crippen LogP contribution is -1.70. The van der Waals surface area contributed by atoms with Crippen molar-refractivity contribution in [1.82, 2.24) is 4.98 Å². The van der Waals surface area contributed by atoms with Gasteiger partial charge in [0.05, 0.1) is 0 Å². The summed E-state index contributed by atoms with van der Waals surface area (Å²) in [5, 5.41) is 0. The highest BCUT2D eigenvalue weighted by Crippen LogP contribution is 2.12. The zero-order chi connectivity index (χ0) is 9.80. The summed E-state index contributed by atoms with van der Waals surface area (Å²) < 4.78 is 1.11. The maximum absolute atomic E-state index is 3.41. The molecule has 0 aliphatic rings. The fourth-order valence-corrected chi connectivity index (χ4v) is 1.47. The molecule has 2 rings (SSSR count). The summed E-state index contributed by atoms with van der Waals surface area (Å²) >= 11 is 3.41. The maximum Gasteiger partial charge on any atom is 0.0175 e. The van der Waals surface area contributed by atoms with E-state index in [-0.39, 0.29) is 0 Å². The van der Waals surface area contributed by atoms with Crippen molar-refractivity contribution >= 4 is 28.1 Å². The Balaban J connectivity index is 2.15. The second kappa shape index (κ2) is 4.29. The van der Waals surface area contributed by atoms with Gasteiger partial charge in [-0.15, -0.1) is 0 Å². The molecule has 1 heterocycles. The van der Waals surface area contributed by atoms with Crippen LogP contribution in [-0.2, 0) is 0 Å². The first-order valence-electron chi connectivity index (χ1n) is 4.41. The van der Waals surface area contributed by atoms with Crippen LogP contribution >= 0.6 is 15.9 Å². The Morgan fingerprint density at radius 1 is 0.929 bits per heavy atom. The van der Waals surface area contributed by atoms with Crippen LogP contribution in [0, 0.1) is 0 Å². The number of halogens is 1. The van der Waals surface area contributed by atoms with Crippen molar-refractivity contribution < 1.29 is 0 Å². The molecule has 0 atom stereocenters. The van der Waals surface area contributed by atoms with Crippen LogP contribution in [0.2, 0.25) is 0 Å². The molecule has 1 N–H and O–H groups in total. The average molecular weight is 248 g/mol. The summed E-state index contributed by atoms with van der Waals surface area (Å²) in [5.41, 5.74) is 2.39. The molecule has 0 amide bonds. The van der Waals surface area contributed by atoms with E-state index in [1.165, 1.54) is 11.1 Å². The molecule has 0 saturated heterocycles. The molecule has 0 saturated carbocycles. The topological polar surface area (TPSA) is 15.8 Å². The van der Waals surface area contributed by atoms with Gasteiger partial charge in [-0.2, -0.15) is 0 Å². The minimum absolute atomic E-state index is 1.11. The van der Waals surface area contributed by atoms with Gasteiger partial charge in [0.25, 0.3) is 0 Å². The van der Waals surface area contributed by atoms with Crippen LogP contribution in [0.5, 0.6) is 0 Å². The van der Waals surface area contributed by atoms with E-state index in [0.717, 1.165) is 4.47 Å². The number of aromatic nitrogens is 1. The molecule has 0 aliphatic carbocycles. The first-order chi connectivity index (χ1) is 6.84. The van der Waals surface area contributed by atoms with Crippen molar-refractivity contribution in [3.63, 3.8) is 0 Å². The largest absolute Gasteiger partial charge is 0.367 e. The molecule has 0 radical (unpaired) electrons. The second-order valence-corrected chi connectivity index (χ2v) is 3.94. The Morgan fingerprint density at radius 2 is 1.64 bits per heavy atom. The van der Waals surface area contributed by atoms with E-state index in [1.54, 1.807) is 0 Å². The molecule has 0 unspecified atom stereocenters. The van der Waals surface area contributed by atoms with E-state index in [1.807, 2.05) is 30.6 Å². The molecule has 0 aliphatic heterocycles. The summed E-state index contributed by atoms with van der Waals surface area (Å²) in [4.78, 5) is 3.02. The van der Waals surface area contributed by atoms with Gasteiger partial charge < -0.3 is 4.98 Å². The zero-order valence-electron chi connectivity index (χ0n) is 7.57. The van der Waals surface area contributed by atoms with E-state index in [2.05, 4.69) is 45.2 Å². The van der Waals surface area contributed by atoms with Crippen molar-refractivity contribution in [2.24, 2.45) is 0 Å². The van der Waals surface area contributed by atoms with Crippen molar-refractivity contribution in [1.29, 1.82) is 0 Å². The van der Waals surface area contributed by atoms with Crippen LogP contribution in [0.4, 0.5) is 0 Å². The van der Waals surface area contributed by atoms with Crippen LogP contribution < -0.4 is 0 Å². The van der Waals surface area contributed by atoms with Gasteiger partial charge in [-0.1, -0.05) is 40.2 Å². The molecular weight excluding hydrogens is 238 g/mol. The smallest absolute Gasteiger partial charge is 0.0175 e. The molecule has 1 nitrogen and oxygen atoms in total. The molecule has 2 heteroatoms. The fraction of sp³-hybridized carbons (Fsp3) is 0. The number of H-pyrrole nitrogens is 1. The monoisotopic (exact) mass is 247 g/mol. The van der Waals surface area contributed by atoms with Gasteiger partial charge in [0.15, 0.2) is 0 Å². The van der Waals surface area contributed by atoms with Crippen molar-refractivity contribution in [2.75, 3.05) is 0 Å². The van der Waals surface area contributed by atoms with Crippen LogP contribution in [0.15, 0.2) is 47.2 Å². The number of hydrogen-bond donors (Lipinski definition) is 1. The van der Waals surface area contributed by atoms with Gasteiger partial charge in [-0.3, -0.25) is 0 Å². The van der Waals surface area contributed by atoms with Gasteiger partial charge >= 0.3 is 0 Å². The highest BCUT2D eigenvalue weighted by Gasteiger charge is 1.88. The minimum Gasteiger partial charge on any atom is -0.367 e. The maximum atomic E-state index is 3.41. The highest BCUT2D eigenvalue weighted by molar-refractivity contribution is 9.10. The summed E-state index contributed by atoms with van der Waals surface area (Å²) in [6.07, 6.45) is 8.06. The van der Waals surface area contributed by atoms with Gasteiger partial charge in [0.1, 0.15) is 0 Å². The number of aromatic amines is 1. The van der Waals surface area contributed by atoms with E-state index in [0.29, 0.717) is 0 Å². The number of benzene rings is 1. The van der Waals surface area contributed by atoms with Gasteiger partial charge in [0.2, 0.25) is 0 Å². The van der Waals surface area contributed by atoms with E-state index in [4.69, 9.17) is 0 Å². The minimum atomic E-state index is 1.11. The van der Waals surface area contributed by atoms with Gasteiger partial charge in [0, 0.05) is 16.9 Å². The lowest BCUT2D eigenvalue weighted by molar-refractivity contribution is 1.41. The third-order valence-electron chi connectivity index (χ3n) is 1.96. The van der Waals surface area contributed by atoms with Crippen molar-refractivity contribution in [3.8, 4) is 0 Å². The highest BCUT2D eigenvalue weighted by atomic mass is 79.9. The van der Waals surface area contributed by atoms with E-state index in [9.17, 15) is 0 Å². The van der Waals surface area contributed by atoms with Gasteiger partial charge in [-0.25, -0.2) is 0 Å². The molecule has 2 aromatic rings. The Labute approximate surface area is 91.6 Å². The summed E-state index contributed by atoms with van der Waals surface area (Å²) in [6.45, 7) is 0. The summed E-state index contributed by atoms with van der Waals surface area (Å²) in [7, 11) is 0. The van der Waals surface area contributed by atoms with Gasteiger partial charge in [-0.05, 0) is 29.3 Å². The SMILES string of the molecule is Brc1ccc(/C=C/c2cc[nH]c2)cc1.